The zero-order chi connectivity index (χ0) is 13.1. The number of aromatic nitrogens is 1. The first kappa shape index (κ1) is 12.6. The summed E-state index contributed by atoms with van der Waals surface area (Å²) in [6.45, 7) is 1.97. The maximum atomic E-state index is 5.85. The molecule has 1 unspecified atom stereocenters. The molecule has 4 nitrogen and oxygen atoms in total. The minimum atomic E-state index is 0.0798. The van der Waals surface area contributed by atoms with Crippen molar-refractivity contribution in [3.8, 4) is 11.5 Å². The van der Waals surface area contributed by atoms with Crippen molar-refractivity contribution >= 4 is 10.8 Å². The summed E-state index contributed by atoms with van der Waals surface area (Å²) in [7, 11) is 3.27. The van der Waals surface area contributed by atoms with E-state index in [1.54, 1.807) is 20.4 Å². The third kappa shape index (κ3) is 2.24. The molecule has 0 aliphatic carbocycles. The molecule has 0 bridgehead atoms. The molecule has 4 heteroatoms. The first-order valence-electron chi connectivity index (χ1n) is 5.91. The summed E-state index contributed by atoms with van der Waals surface area (Å²) >= 11 is 0. The van der Waals surface area contributed by atoms with Crippen LogP contribution in [0.1, 0.15) is 12.6 Å². The van der Waals surface area contributed by atoms with Crippen LogP contribution in [0, 0.1) is 0 Å². The lowest BCUT2D eigenvalue weighted by atomic mass is 10.0. The molecule has 0 aliphatic heterocycles. The molecular weight excluding hydrogens is 228 g/mol. The summed E-state index contributed by atoms with van der Waals surface area (Å²) in [6, 6.07) is 5.91. The van der Waals surface area contributed by atoms with Crippen LogP contribution in [-0.4, -0.2) is 25.2 Å². The number of benzene rings is 1. The summed E-state index contributed by atoms with van der Waals surface area (Å²) in [4.78, 5) is 4.40. The van der Waals surface area contributed by atoms with Crippen molar-refractivity contribution in [1.82, 2.24) is 4.98 Å². The molecule has 2 N–H and O–H groups in total. The third-order valence-electron chi connectivity index (χ3n) is 2.88. The molecule has 2 aromatic rings. The van der Waals surface area contributed by atoms with E-state index in [2.05, 4.69) is 4.98 Å². The second-order valence-electron chi connectivity index (χ2n) is 4.34. The van der Waals surface area contributed by atoms with Gasteiger partial charge in [0.2, 0.25) is 0 Å². The van der Waals surface area contributed by atoms with E-state index in [1.165, 1.54) is 0 Å². The van der Waals surface area contributed by atoms with Gasteiger partial charge in [-0.1, -0.05) is 0 Å². The molecule has 0 aliphatic rings. The van der Waals surface area contributed by atoms with Crippen LogP contribution < -0.4 is 15.2 Å². The highest BCUT2D eigenvalue weighted by Gasteiger charge is 2.12. The molecule has 0 saturated heterocycles. The summed E-state index contributed by atoms with van der Waals surface area (Å²) in [5.41, 5.74) is 6.84. The summed E-state index contributed by atoms with van der Waals surface area (Å²) in [5.74, 6) is 1.46. The van der Waals surface area contributed by atoms with E-state index in [-0.39, 0.29) is 6.04 Å². The number of pyridine rings is 1. The molecule has 0 spiro atoms. The maximum absolute atomic E-state index is 5.85. The molecule has 2 rings (SSSR count). The number of ether oxygens (including phenoxy) is 2. The highest BCUT2D eigenvalue weighted by molar-refractivity contribution is 5.92. The predicted molar refractivity (Wildman–Crippen MR) is 72.2 cm³/mol. The van der Waals surface area contributed by atoms with Crippen LogP contribution >= 0.6 is 0 Å². The Hall–Kier alpha value is -1.81. The minimum Gasteiger partial charge on any atom is -0.493 e. The molecule has 1 aromatic heterocycles. The number of nitrogens with zero attached hydrogens (tertiary/aromatic N) is 1. The fourth-order valence-electron chi connectivity index (χ4n) is 2.11. The Kier molecular flexibility index (Phi) is 3.67. The van der Waals surface area contributed by atoms with E-state index in [4.69, 9.17) is 15.2 Å². The van der Waals surface area contributed by atoms with Gasteiger partial charge in [0.25, 0.3) is 0 Å². The van der Waals surface area contributed by atoms with Gasteiger partial charge in [-0.05, 0) is 25.1 Å². The first-order valence-corrected chi connectivity index (χ1v) is 5.91. The van der Waals surface area contributed by atoms with E-state index in [9.17, 15) is 0 Å². The van der Waals surface area contributed by atoms with Crippen LogP contribution in [0.5, 0.6) is 11.5 Å². The topological polar surface area (TPSA) is 57.4 Å². The van der Waals surface area contributed by atoms with Crippen molar-refractivity contribution < 1.29 is 9.47 Å². The van der Waals surface area contributed by atoms with E-state index >= 15 is 0 Å². The fourth-order valence-corrected chi connectivity index (χ4v) is 2.11. The van der Waals surface area contributed by atoms with Crippen molar-refractivity contribution in [2.24, 2.45) is 5.73 Å². The van der Waals surface area contributed by atoms with Gasteiger partial charge < -0.3 is 15.2 Å². The fraction of sp³-hybridized carbons (Fsp3) is 0.357. The molecule has 96 valence electrons. The highest BCUT2D eigenvalue weighted by Crippen LogP contribution is 2.36. The standard InChI is InChI=1S/C14H18N2O2/c1-9(15)8-12-10-4-5-13(17-2)14(18-3)11(10)6-7-16-12/h4-7,9H,8,15H2,1-3H3. The van der Waals surface area contributed by atoms with Crippen molar-refractivity contribution in [2.45, 2.75) is 19.4 Å². The lowest BCUT2D eigenvalue weighted by molar-refractivity contribution is 0.358. The average Bonchev–Trinajstić information content (AvgIpc) is 2.37. The van der Waals surface area contributed by atoms with Gasteiger partial charge in [0, 0.05) is 35.1 Å². The first-order chi connectivity index (χ1) is 8.67. The van der Waals surface area contributed by atoms with Crippen LogP contribution in [0.2, 0.25) is 0 Å². The number of hydrogen-bond acceptors (Lipinski definition) is 4. The van der Waals surface area contributed by atoms with Crippen LogP contribution in [0.3, 0.4) is 0 Å². The molecule has 0 amide bonds. The Balaban J connectivity index is 2.65. The monoisotopic (exact) mass is 246 g/mol. The molecule has 1 aromatic carbocycles. The van der Waals surface area contributed by atoms with E-state index in [1.807, 2.05) is 25.1 Å². The molecule has 1 heterocycles. The second-order valence-corrected chi connectivity index (χ2v) is 4.34. The average molecular weight is 246 g/mol. The molecule has 18 heavy (non-hydrogen) atoms. The number of fused-ring (bicyclic) bond motifs is 1. The summed E-state index contributed by atoms with van der Waals surface area (Å²) in [5, 5.41) is 2.06. The SMILES string of the molecule is COc1ccc2c(CC(C)N)nccc2c1OC. The highest BCUT2D eigenvalue weighted by atomic mass is 16.5. The quantitative estimate of drug-likeness (QED) is 0.898. The van der Waals surface area contributed by atoms with E-state index < -0.39 is 0 Å². The van der Waals surface area contributed by atoms with Gasteiger partial charge in [-0.25, -0.2) is 0 Å². The van der Waals surface area contributed by atoms with Crippen molar-refractivity contribution in [2.75, 3.05) is 14.2 Å². The zero-order valence-electron chi connectivity index (χ0n) is 10.9. The molecule has 0 fully saturated rings. The number of rotatable bonds is 4. The maximum Gasteiger partial charge on any atom is 0.168 e. The second kappa shape index (κ2) is 5.23. The van der Waals surface area contributed by atoms with Crippen LogP contribution in [-0.2, 0) is 6.42 Å². The van der Waals surface area contributed by atoms with Crippen molar-refractivity contribution in [3.63, 3.8) is 0 Å². The van der Waals surface area contributed by atoms with Gasteiger partial charge in [0.15, 0.2) is 11.5 Å². The van der Waals surface area contributed by atoms with E-state index in [0.717, 1.165) is 34.4 Å². The van der Waals surface area contributed by atoms with Gasteiger partial charge in [-0.15, -0.1) is 0 Å². The summed E-state index contributed by atoms with van der Waals surface area (Å²) < 4.78 is 10.7. The van der Waals surface area contributed by atoms with Gasteiger partial charge >= 0.3 is 0 Å². The molecular formula is C14H18N2O2. The predicted octanol–water partition coefficient (Wildman–Crippen LogP) is 2.14. The van der Waals surface area contributed by atoms with Crippen LogP contribution in [0.15, 0.2) is 24.4 Å². The number of hydrogen-bond donors (Lipinski definition) is 1. The smallest absolute Gasteiger partial charge is 0.168 e. The lowest BCUT2D eigenvalue weighted by Crippen LogP contribution is -2.18. The lowest BCUT2D eigenvalue weighted by Gasteiger charge is -2.13. The van der Waals surface area contributed by atoms with Crippen molar-refractivity contribution in [3.05, 3.63) is 30.1 Å². The number of methoxy groups -OCH3 is 2. The Bertz CT molecular complexity index is 553. The molecule has 0 radical (unpaired) electrons. The Morgan fingerprint density at radius 3 is 2.56 bits per heavy atom. The van der Waals surface area contributed by atoms with Crippen molar-refractivity contribution in [1.29, 1.82) is 0 Å². The zero-order valence-corrected chi connectivity index (χ0v) is 10.9. The normalized spacial score (nSPS) is 12.4. The Morgan fingerprint density at radius 2 is 1.94 bits per heavy atom. The van der Waals surface area contributed by atoms with Crippen LogP contribution in [0.4, 0.5) is 0 Å². The Labute approximate surface area is 107 Å². The van der Waals surface area contributed by atoms with Gasteiger partial charge in [0.1, 0.15) is 0 Å². The Morgan fingerprint density at radius 1 is 1.17 bits per heavy atom. The van der Waals surface area contributed by atoms with Gasteiger partial charge in [-0.2, -0.15) is 0 Å². The molecule has 1 atom stereocenters. The number of nitrogens with two attached hydrogens (primary N) is 1. The van der Waals surface area contributed by atoms with E-state index in [0.29, 0.717) is 0 Å². The molecule has 0 saturated carbocycles. The van der Waals surface area contributed by atoms with Crippen LogP contribution in [0.25, 0.3) is 10.8 Å². The third-order valence-corrected chi connectivity index (χ3v) is 2.88. The summed E-state index contributed by atoms with van der Waals surface area (Å²) in [6.07, 6.45) is 2.52. The van der Waals surface area contributed by atoms with Gasteiger partial charge in [0.05, 0.1) is 14.2 Å². The minimum absolute atomic E-state index is 0.0798. The largest absolute Gasteiger partial charge is 0.493 e. The van der Waals surface area contributed by atoms with Gasteiger partial charge in [-0.3, -0.25) is 4.98 Å².